The smallest absolute Gasteiger partial charge is 0.271 e. The molecular weight excluding hydrogens is 335 g/mol. The number of nitriles is 1. The Kier molecular flexibility index (Phi) is 5.88. The Hall–Kier alpha value is -2.46. The van der Waals surface area contributed by atoms with Gasteiger partial charge in [-0.05, 0) is 30.7 Å². The molecule has 0 aliphatic carbocycles. The van der Waals surface area contributed by atoms with E-state index in [0.717, 1.165) is 23.3 Å². The van der Waals surface area contributed by atoms with Crippen LogP contribution >= 0.6 is 11.8 Å². The van der Waals surface area contributed by atoms with Gasteiger partial charge >= 0.3 is 6.18 Å². The molecule has 0 aliphatic heterocycles. The predicted molar refractivity (Wildman–Crippen MR) is 89.8 cm³/mol. The van der Waals surface area contributed by atoms with Gasteiger partial charge in [0, 0.05) is 5.75 Å². The first-order valence-corrected chi connectivity index (χ1v) is 7.96. The topological polar surface area (TPSA) is 48.2 Å². The molecule has 24 heavy (non-hydrogen) atoms. The monoisotopic (exact) mass is 349 g/mol. The zero-order chi connectivity index (χ0) is 17.6. The van der Waals surface area contributed by atoms with Gasteiger partial charge in [-0.25, -0.2) is 4.99 Å². The van der Waals surface area contributed by atoms with Gasteiger partial charge in [-0.2, -0.15) is 18.4 Å². The summed E-state index contributed by atoms with van der Waals surface area (Å²) in [6.07, 6.45) is -2.67. The van der Waals surface area contributed by atoms with Crippen molar-refractivity contribution in [2.75, 3.05) is 0 Å². The molecule has 0 atom stereocenters. The van der Waals surface area contributed by atoms with Crippen LogP contribution < -0.4 is 5.32 Å². The van der Waals surface area contributed by atoms with Crippen molar-refractivity contribution in [2.24, 2.45) is 4.99 Å². The molecule has 0 fully saturated rings. The third-order valence-corrected chi connectivity index (χ3v) is 4.01. The maximum Gasteiger partial charge on any atom is 0.416 e. The highest BCUT2D eigenvalue weighted by Gasteiger charge is 2.30. The number of hydrogen-bond donors (Lipinski definition) is 1. The number of rotatable bonds is 3. The predicted octanol–water partition coefficient (Wildman–Crippen LogP) is 5.01. The lowest BCUT2D eigenvalue weighted by Gasteiger charge is -2.08. The molecule has 0 aromatic heterocycles. The Labute approximate surface area is 142 Å². The summed E-state index contributed by atoms with van der Waals surface area (Å²) < 4.78 is 38.2. The first-order chi connectivity index (χ1) is 11.4. The fraction of sp³-hybridized carbons (Fsp3) is 0.176. The molecule has 0 heterocycles. The summed E-state index contributed by atoms with van der Waals surface area (Å²) in [5, 5.41) is 11.5. The van der Waals surface area contributed by atoms with Crippen LogP contribution in [0.1, 0.15) is 16.7 Å². The zero-order valence-corrected chi connectivity index (χ0v) is 13.6. The minimum absolute atomic E-state index is 0.138. The molecule has 124 valence electrons. The fourth-order valence-electron chi connectivity index (χ4n) is 1.85. The SMILES string of the molecule is Cc1ccc(CSC(=Nc2cccc(C(F)(F)F)c2)NC#N)cc1. The van der Waals surface area contributed by atoms with Crippen LogP contribution in [0.2, 0.25) is 0 Å². The summed E-state index contributed by atoms with van der Waals surface area (Å²) in [6, 6.07) is 12.5. The van der Waals surface area contributed by atoms with E-state index in [1.807, 2.05) is 31.2 Å². The third-order valence-electron chi connectivity index (χ3n) is 3.06. The second kappa shape index (κ2) is 7.88. The highest BCUT2D eigenvalue weighted by Crippen LogP contribution is 2.31. The van der Waals surface area contributed by atoms with Gasteiger partial charge in [-0.3, -0.25) is 5.32 Å². The van der Waals surface area contributed by atoms with Crippen LogP contribution in [0.15, 0.2) is 53.5 Å². The summed E-state index contributed by atoms with van der Waals surface area (Å²) in [4.78, 5) is 4.10. The quantitative estimate of drug-likeness (QED) is 0.367. The van der Waals surface area contributed by atoms with Gasteiger partial charge in [0.25, 0.3) is 0 Å². The molecule has 3 nitrogen and oxygen atoms in total. The summed E-state index contributed by atoms with van der Waals surface area (Å²) in [5.74, 6) is 0.548. The molecule has 1 N–H and O–H groups in total. The lowest BCUT2D eigenvalue weighted by molar-refractivity contribution is -0.137. The van der Waals surface area contributed by atoms with Gasteiger partial charge in [0.15, 0.2) is 11.4 Å². The number of nitrogens with one attached hydrogen (secondary N) is 1. The van der Waals surface area contributed by atoms with Crippen LogP contribution in [0.3, 0.4) is 0 Å². The third kappa shape index (κ3) is 5.32. The van der Waals surface area contributed by atoms with E-state index in [9.17, 15) is 13.2 Å². The Morgan fingerprint density at radius 3 is 2.54 bits per heavy atom. The first kappa shape index (κ1) is 17.9. The summed E-state index contributed by atoms with van der Waals surface area (Å²) in [5.41, 5.74) is 1.53. The summed E-state index contributed by atoms with van der Waals surface area (Å²) >= 11 is 1.25. The van der Waals surface area contributed by atoms with Crippen molar-refractivity contribution in [3.8, 4) is 6.19 Å². The van der Waals surface area contributed by atoms with E-state index < -0.39 is 11.7 Å². The van der Waals surface area contributed by atoms with Gasteiger partial charge in [0.05, 0.1) is 11.3 Å². The number of alkyl halides is 3. The largest absolute Gasteiger partial charge is 0.416 e. The van der Waals surface area contributed by atoms with E-state index >= 15 is 0 Å². The molecule has 7 heteroatoms. The Morgan fingerprint density at radius 1 is 1.21 bits per heavy atom. The highest BCUT2D eigenvalue weighted by atomic mass is 32.2. The number of hydrogen-bond acceptors (Lipinski definition) is 3. The molecule has 0 spiro atoms. The number of halogens is 3. The van der Waals surface area contributed by atoms with Crippen LogP contribution in [-0.2, 0) is 11.9 Å². The Bertz CT molecular complexity index is 762. The number of thioether (sulfide) groups is 1. The second-order valence-electron chi connectivity index (χ2n) is 4.98. The van der Waals surface area contributed by atoms with Crippen LogP contribution in [0.5, 0.6) is 0 Å². The van der Waals surface area contributed by atoms with E-state index in [0.29, 0.717) is 5.75 Å². The number of aryl methyl sites for hydroxylation is 1. The van der Waals surface area contributed by atoms with Crippen molar-refractivity contribution < 1.29 is 13.2 Å². The minimum atomic E-state index is -4.43. The van der Waals surface area contributed by atoms with Crippen molar-refractivity contribution in [2.45, 2.75) is 18.9 Å². The van der Waals surface area contributed by atoms with Gasteiger partial charge in [-0.15, -0.1) is 0 Å². The first-order valence-electron chi connectivity index (χ1n) is 6.98. The van der Waals surface area contributed by atoms with Gasteiger partial charge < -0.3 is 0 Å². The zero-order valence-electron chi connectivity index (χ0n) is 12.8. The average Bonchev–Trinajstić information content (AvgIpc) is 2.54. The molecule has 0 amide bonds. The number of amidine groups is 1. The maximum absolute atomic E-state index is 12.7. The molecule has 0 saturated carbocycles. The van der Waals surface area contributed by atoms with Crippen molar-refractivity contribution in [3.05, 3.63) is 65.2 Å². The fourth-order valence-corrected chi connectivity index (χ4v) is 2.63. The molecule has 0 unspecified atom stereocenters. The molecule has 0 aliphatic rings. The lowest BCUT2D eigenvalue weighted by atomic mass is 10.2. The Morgan fingerprint density at radius 2 is 1.92 bits per heavy atom. The maximum atomic E-state index is 12.7. The van der Waals surface area contributed by atoms with E-state index in [2.05, 4.69) is 10.3 Å². The molecule has 2 aromatic carbocycles. The molecule has 2 rings (SSSR count). The summed E-state index contributed by atoms with van der Waals surface area (Å²) in [6.45, 7) is 1.98. The summed E-state index contributed by atoms with van der Waals surface area (Å²) in [7, 11) is 0. The van der Waals surface area contributed by atoms with Crippen molar-refractivity contribution in [1.82, 2.24) is 5.32 Å². The molecule has 0 radical (unpaired) electrons. The highest BCUT2D eigenvalue weighted by molar-refractivity contribution is 8.13. The van der Waals surface area contributed by atoms with Crippen molar-refractivity contribution >= 4 is 22.6 Å². The van der Waals surface area contributed by atoms with E-state index in [-0.39, 0.29) is 10.9 Å². The van der Waals surface area contributed by atoms with E-state index in [4.69, 9.17) is 5.26 Å². The normalized spacial score (nSPS) is 11.9. The van der Waals surface area contributed by atoms with Gasteiger partial charge in [-0.1, -0.05) is 47.7 Å². The molecule has 0 bridgehead atoms. The van der Waals surface area contributed by atoms with Crippen molar-refractivity contribution in [3.63, 3.8) is 0 Å². The molecule has 0 saturated heterocycles. The molecular formula is C17H14F3N3S. The number of aliphatic imine (C=N–C) groups is 1. The van der Waals surface area contributed by atoms with Crippen LogP contribution in [-0.4, -0.2) is 5.17 Å². The Balaban J connectivity index is 2.16. The second-order valence-corrected chi connectivity index (χ2v) is 5.94. The van der Waals surface area contributed by atoms with Crippen molar-refractivity contribution in [1.29, 1.82) is 5.26 Å². The number of nitrogens with zero attached hydrogens (tertiary/aromatic N) is 2. The van der Waals surface area contributed by atoms with Crippen LogP contribution in [0.4, 0.5) is 18.9 Å². The number of benzene rings is 2. The molecule has 2 aromatic rings. The van der Waals surface area contributed by atoms with E-state index in [1.165, 1.54) is 23.9 Å². The van der Waals surface area contributed by atoms with Crippen LogP contribution in [0.25, 0.3) is 0 Å². The minimum Gasteiger partial charge on any atom is -0.271 e. The average molecular weight is 349 g/mol. The van der Waals surface area contributed by atoms with E-state index in [1.54, 1.807) is 6.19 Å². The van der Waals surface area contributed by atoms with Crippen LogP contribution in [0, 0.1) is 18.4 Å². The lowest BCUT2D eigenvalue weighted by Crippen LogP contribution is -2.13. The van der Waals surface area contributed by atoms with Gasteiger partial charge in [0.2, 0.25) is 0 Å². The standard InChI is InChI=1S/C17H14F3N3S/c1-12-5-7-13(8-6-12)10-24-16(22-11-21)23-15-4-2-3-14(9-15)17(18,19)20/h2-9H,10H2,1H3,(H,22,23). The van der Waals surface area contributed by atoms with Gasteiger partial charge in [0.1, 0.15) is 0 Å².